The van der Waals surface area contributed by atoms with Gasteiger partial charge in [-0.05, 0) is 54.9 Å². The number of nitrogens with one attached hydrogen (secondary N) is 1. The van der Waals surface area contributed by atoms with Gasteiger partial charge in [-0.2, -0.15) is 0 Å². The smallest absolute Gasteiger partial charge is 0.178 e. The van der Waals surface area contributed by atoms with E-state index in [0.717, 1.165) is 25.9 Å². The highest BCUT2D eigenvalue weighted by Crippen LogP contribution is 2.25. The first-order valence-corrected chi connectivity index (χ1v) is 8.36. The summed E-state index contributed by atoms with van der Waals surface area (Å²) in [7, 11) is -3.09. The van der Waals surface area contributed by atoms with Gasteiger partial charge >= 0.3 is 0 Å². The number of sulfone groups is 1. The molecule has 1 saturated heterocycles. The molecule has 4 heteroatoms. The predicted molar refractivity (Wildman–Crippen MR) is 71.5 cm³/mol. The standard InChI is InChI=1S/C14H19NO2S/c16-18(17,10-11-8-15-9-11)14-6-5-12-3-1-2-4-13(12)7-14/h5-7,11,15H,1-4,8-10H2. The maximum Gasteiger partial charge on any atom is 0.178 e. The van der Waals surface area contributed by atoms with Gasteiger partial charge in [0.15, 0.2) is 9.84 Å². The highest BCUT2D eigenvalue weighted by molar-refractivity contribution is 7.91. The van der Waals surface area contributed by atoms with Crippen LogP contribution in [0.25, 0.3) is 0 Å². The molecule has 0 radical (unpaired) electrons. The van der Waals surface area contributed by atoms with Crippen LogP contribution in [-0.2, 0) is 22.7 Å². The summed E-state index contributed by atoms with van der Waals surface area (Å²) in [6.45, 7) is 1.67. The molecule has 1 aromatic rings. The van der Waals surface area contributed by atoms with Crippen molar-refractivity contribution in [2.24, 2.45) is 5.92 Å². The van der Waals surface area contributed by atoms with E-state index >= 15 is 0 Å². The zero-order valence-electron chi connectivity index (χ0n) is 10.5. The molecular weight excluding hydrogens is 246 g/mol. The van der Waals surface area contributed by atoms with E-state index in [1.54, 1.807) is 6.07 Å². The van der Waals surface area contributed by atoms with Crippen LogP contribution >= 0.6 is 0 Å². The first-order chi connectivity index (χ1) is 8.65. The highest BCUT2D eigenvalue weighted by atomic mass is 32.2. The second kappa shape index (κ2) is 4.67. The van der Waals surface area contributed by atoms with Gasteiger partial charge in [-0.3, -0.25) is 0 Å². The molecule has 1 fully saturated rings. The lowest BCUT2D eigenvalue weighted by atomic mass is 9.92. The molecule has 0 bridgehead atoms. The Morgan fingerprint density at radius 2 is 1.83 bits per heavy atom. The van der Waals surface area contributed by atoms with E-state index in [-0.39, 0.29) is 0 Å². The number of hydrogen-bond donors (Lipinski definition) is 1. The Morgan fingerprint density at radius 3 is 2.50 bits per heavy atom. The minimum atomic E-state index is -3.09. The zero-order valence-corrected chi connectivity index (χ0v) is 11.3. The van der Waals surface area contributed by atoms with E-state index in [2.05, 4.69) is 5.32 Å². The van der Waals surface area contributed by atoms with Gasteiger partial charge in [-0.15, -0.1) is 0 Å². The fraction of sp³-hybridized carbons (Fsp3) is 0.571. The second-order valence-corrected chi connectivity index (χ2v) is 7.48. The fourth-order valence-corrected chi connectivity index (χ4v) is 4.42. The Kier molecular flexibility index (Phi) is 3.16. The molecule has 1 N–H and O–H groups in total. The van der Waals surface area contributed by atoms with Crippen molar-refractivity contribution in [3.05, 3.63) is 29.3 Å². The maximum absolute atomic E-state index is 12.3. The molecule has 98 valence electrons. The molecule has 1 aromatic carbocycles. The van der Waals surface area contributed by atoms with Crippen molar-refractivity contribution in [2.45, 2.75) is 30.6 Å². The molecule has 2 aliphatic rings. The number of rotatable bonds is 3. The quantitative estimate of drug-likeness (QED) is 0.902. The number of benzene rings is 1. The number of fused-ring (bicyclic) bond motifs is 1. The third kappa shape index (κ3) is 2.31. The van der Waals surface area contributed by atoms with Gasteiger partial charge in [0.25, 0.3) is 0 Å². The van der Waals surface area contributed by atoms with Crippen LogP contribution in [-0.4, -0.2) is 27.3 Å². The van der Waals surface area contributed by atoms with E-state index in [1.165, 1.54) is 24.0 Å². The zero-order chi connectivity index (χ0) is 12.6. The summed E-state index contributed by atoms with van der Waals surface area (Å²) in [6.07, 6.45) is 4.54. The molecule has 1 heterocycles. The molecule has 0 aromatic heterocycles. The van der Waals surface area contributed by atoms with Gasteiger partial charge in [-0.25, -0.2) is 8.42 Å². The van der Waals surface area contributed by atoms with Crippen LogP contribution in [0.2, 0.25) is 0 Å². The molecule has 1 aliphatic heterocycles. The van der Waals surface area contributed by atoms with Crippen LogP contribution in [0.3, 0.4) is 0 Å². The average molecular weight is 265 g/mol. The van der Waals surface area contributed by atoms with E-state index in [0.29, 0.717) is 16.6 Å². The lowest BCUT2D eigenvalue weighted by Gasteiger charge is -2.26. The lowest BCUT2D eigenvalue weighted by Crippen LogP contribution is -2.45. The first-order valence-electron chi connectivity index (χ1n) is 6.70. The first kappa shape index (κ1) is 12.2. The van der Waals surface area contributed by atoms with E-state index in [9.17, 15) is 8.42 Å². The summed E-state index contributed by atoms with van der Waals surface area (Å²) < 4.78 is 24.6. The molecule has 0 unspecified atom stereocenters. The summed E-state index contributed by atoms with van der Waals surface area (Å²) in [5.74, 6) is 0.588. The van der Waals surface area contributed by atoms with Gasteiger partial charge in [0.2, 0.25) is 0 Å². The highest BCUT2D eigenvalue weighted by Gasteiger charge is 2.26. The monoisotopic (exact) mass is 265 g/mol. The van der Waals surface area contributed by atoms with Gasteiger partial charge in [0.1, 0.15) is 0 Å². The molecule has 0 spiro atoms. The molecule has 3 rings (SSSR count). The number of aryl methyl sites for hydroxylation is 2. The van der Waals surface area contributed by atoms with Crippen molar-refractivity contribution in [1.29, 1.82) is 0 Å². The SMILES string of the molecule is O=S(=O)(CC1CNC1)c1ccc2c(c1)CCCC2. The Balaban J connectivity index is 1.86. The molecule has 0 saturated carbocycles. The number of hydrogen-bond acceptors (Lipinski definition) is 3. The van der Waals surface area contributed by atoms with Gasteiger partial charge in [-0.1, -0.05) is 6.07 Å². The molecule has 18 heavy (non-hydrogen) atoms. The van der Waals surface area contributed by atoms with E-state index < -0.39 is 9.84 Å². The Labute approximate surface area is 109 Å². The minimum absolute atomic E-state index is 0.290. The van der Waals surface area contributed by atoms with Crippen LogP contribution < -0.4 is 5.32 Å². The summed E-state index contributed by atoms with van der Waals surface area (Å²) in [6, 6.07) is 5.72. The lowest BCUT2D eigenvalue weighted by molar-refractivity contribution is 0.378. The van der Waals surface area contributed by atoms with Crippen LogP contribution in [0.1, 0.15) is 24.0 Å². The van der Waals surface area contributed by atoms with Crippen LogP contribution in [0.15, 0.2) is 23.1 Å². The normalized spacial score (nSPS) is 20.2. The van der Waals surface area contributed by atoms with E-state index in [1.807, 2.05) is 12.1 Å². The summed E-state index contributed by atoms with van der Waals surface area (Å²) in [4.78, 5) is 0.523. The molecule has 3 nitrogen and oxygen atoms in total. The summed E-state index contributed by atoms with van der Waals surface area (Å²) in [5.41, 5.74) is 2.58. The molecule has 1 aliphatic carbocycles. The predicted octanol–water partition coefficient (Wildman–Crippen LogP) is 1.56. The molecule has 0 amide bonds. The maximum atomic E-state index is 12.3. The van der Waals surface area contributed by atoms with Gasteiger partial charge < -0.3 is 5.32 Å². The van der Waals surface area contributed by atoms with Crippen molar-refractivity contribution in [1.82, 2.24) is 5.32 Å². The van der Waals surface area contributed by atoms with E-state index in [4.69, 9.17) is 0 Å². The minimum Gasteiger partial charge on any atom is -0.316 e. The van der Waals surface area contributed by atoms with Crippen LogP contribution in [0.4, 0.5) is 0 Å². The van der Waals surface area contributed by atoms with Crippen molar-refractivity contribution < 1.29 is 8.42 Å². The topological polar surface area (TPSA) is 46.2 Å². The van der Waals surface area contributed by atoms with Gasteiger partial charge in [0, 0.05) is 13.1 Å². The average Bonchev–Trinajstić information content (AvgIpc) is 2.33. The third-order valence-corrected chi connectivity index (χ3v) is 5.88. The van der Waals surface area contributed by atoms with Crippen LogP contribution in [0.5, 0.6) is 0 Å². The van der Waals surface area contributed by atoms with Crippen molar-refractivity contribution in [2.75, 3.05) is 18.8 Å². The van der Waals surface area contributed by atoms with Crippen molar-refractivity contribution >= 4 is 9.84 Å². The van der Waals surface area contributed by atoms with Crippen molar-refractivity contribution in [3.8, 4) is 0 Å². The Bertz CT molecular complexity index is 547. The Hall–Kier alpha value is -0.870. The largest absolute Gasteiger partial charge is 0.316 e. The van der Waals surface area contributed by atoms with Gasteiger partial charge in [0.05, 0.1) is 10.6 Å². The third-order valence-electron chi connectivity index (χ3n) is 4.00. The molecular formula is C14H19NO2S. The second-order valence-electron chi connectivity index (χ2n) is 5.44. The van der Waals surface area contributed by atoms with Crippen molar-refractivity contribution in [3.63, 3.8) is 0 Å². The Morgan fingerprint density at radius 1 is 1.11 bits per heavy atom. The fourth-order valence-electron chi connectivity index (χ4n) is 2.78. The summed E-state index contributed by atoms with van der Waals surface area (Å²) in [5, 5.41) is 3.12. The molecule has 0 atom stereocenters. The summed E-state index contributed by atoms with van der Waals surface area (Å²) >= 11 is 0. The van der Waals surface area contributed by atoms with Crippen LogP contribution in [0, 0.1) is 5.92 Å².